The number of rotatable bonds is 3. The molecule has 1 aromatic heterocycles. The van der Waals surface area contributed by atoms with Crippen molar-refractivity contribution in [2.24, 2.45) is 5.84 Å². The molecule has 0 amide bonds. The maximum Gasteiger partial charge on any atom is 0.0817 e. The summed E-state index contributed by atoms with van der Waals surface area (Å²) in [7, 11) is 0. The van der Waals surface area contributed by atoms with Crippen molar-refractivity contribution >= 4 is 50.5 Å². The van der Waals surface area contributed by atoms with Crippen LogP contribution in [-0.2, 0) is 0 Å². The molecule has 2 nitrogen and oxygen atoms in total. The molecule has 0 aliphatic heterocycles. The average molecular weight is 352 g/mol. The molecule has 17 heavy (non-hydrogen) atoms. The van der Waals surface area contributed by atoms with Gasteiger partial charge >= 0.3 is 0 Å². The highest BCUT2D eigenvalue weighted by atomic mass is 79.9. The molecule has 0 radical (unpaired) electrons. The molecule has 0 bridgehead atoms. The molecule has 90 valence electrons. The van der Waals surface area contributed by atoms with Gasteiger partial charge in [0.15, 0.2) is 0 Å². The topological polar surface area (TPSA) is 38.0 Å². The molecule has 0 spiro atoms. The highest BCUT2D eigenvalue weighted by Crippen LogP contribution is 2.36. The van der Waals surface area contributed by atoms with Crippen LogP contribution in [0.3, 0.4) is 0 Å². The van der Waals surface area contributed by atoms with Crippen LogP contribution in [0.4, 0.5) is 0 Å². The molecule has 2 rings (SSSR count). The summed E-state index contributed by atoms with van der Waals surface area (Å²) >= 11 is 17.2. The van der Waals surface area contributed by atoms with Crippen molar-refractivity contribution in [3.05, 3.63) is 54.6 Å². The van der Waals surface area contributed by atoms with E-state index < -0.39 is 0 Å². The summed E-state index contributed by atoms with van der Waals surface area (Å²) in [4.78, 5) is 1.07. The van der Waals surface area contributed by atoms with Crippen LogP contribution in [0.15, 0.2) is 34.1 Å². The van der Waals surface area contributed by atoms with Crippen LogP contribution in [0, 0.1) is 0 Å². The van der Waals surface area contributed by atoms with E-state index in [0.29, 0.717) is 10.0 Å². The Kier molecular flexibility index (Phi) is 4.47. The fourth-order valence-electron chi connectivity index (χ4n) is 1.55. The summed E-state index contributed by atoms with van der Waals surface area (Å²) in [6, 6.07) is 9.34. The van der Waals surface area contributed by atoms with Crippen LogP contribution >= 0.6 is 50.5 Å². The Morgan fingerprint density at radius 1 is 1.24 bits per heavy atom. The van der Waals surface area contributed by atoms with Crippen molar-refractivity contribution in [3.63, 3.8) is 0 Å². The van der Waals surface area contributed by atoms with Crippen LogP contribution in [0.2, 0.25) is 10.0 Å². The Bertz CT molecular complexity index is 530. The highest BCUT2D eigenvalue weighted by Gasteiger charge is 2.18. The van der Waals surface area contributed by atoms with Gasteiger partial charge in [0.2, 0.25) is 0 Å². The molecule has 3 N–H and O–H groups in total. The van der Waals surface area contributed by atoms with Gasteiger partial charge in [0.25, 0.3) is 0 Å². The predicted molar refractivity (Wildman–Crippen MR) is 77.6 cm³/mol. The van der Waals surface area contributed by atoms with Gasteiger partial charge in [-0.3, -0.25) is 5.84 Å². The van der Waals surface area contributed by atoms with Gasteiger partial charge in [-0.2, -0.15) is 0 Å². The fraction of sp³-hybridized carbons (Fsp3) is 0.0909. The van der Waals surface area contributed by atoms with Gasteiger partial charge in [-0.25, -0.2) is 5.43 Å². The second-order valence-electron chi connectivity index (χ2n) is 3.38. The maximum absolute atomic E-state index is 6.19. The number of thiophene rings is 1. The number of hydrogen-bond acceptors (Lipinski definition) is 3. The third-order valence-electron chi connectivity index (χ3n) is 2.34. The maximum atomic E-state index is 6.19. The standard InChI is InChI=1S/C11H9BrCl2N2S/c12-9-5-4-8(17-9)11(16-15)6-2-1-3-7(13)10(6)14/h1-5,11,16H,15H2. The van der Waals surface area contributed by atoms with E-state index in [0.717, 1.165) is 14.2 Å². The minimum atomic E-state index is -0.155. The zero-order valence-electron chi connectivity index (χ0n) is 8.58. The molecule has 0 saturated carbocycles. The summed E-state index contributed by atoms with van der Waals surface area (Å²) < 4.78 is 1.05. The molecule has 0 aliphatic carbocycles. The number of nitrogens with two attached hydrogens (primary N) is 1. The zero-order chi connectivity index (χ0) is 12.4. The van der Waals surface area contributed by atoms with E-state index >= 15 is 0 Å². The molecule has 0 fully saturated rings. The lowest BCUT2D eigenvalue weighted by Gasteiger charge is -2.16. The largest absolute Gasteiger partial charge is 0.271 e. The summed E-state index contributed by atoms with van der Waals surface area (Å²) in [6.45, 7) is 0. The first-order valence-corrected chi connectivity index (χ1v) is 7.15. The van der Waals surface area contributed by atoms with Crippen molar-refractivity contribution in [2.45, 2.75) is 6.04 Å². The van der Waals surface area contributed by atoms with Gasteiger partial charge in [-0.15, -0.1) is 11.3 Å². The summed E-state index contributed by atoms with van der Waals surface area (Å²) in [5.74, 6) is 5.60. The lowest BCUT2D eigenvalue weighted by atomic mass is 10.1. The first-order chi connectivity index (χ1) is 8.13. The fourth-order valence-corrected chi connectivity index (χ4v) is 3.47. The van der Waals surface area contributed by atoms with E-state index in [1.165, 1.54) is 0 Å². The molecular weight excluding hydrogens is 343 g/mol. The van der Waals surface area contributed by atoms with Crippen LogP contribution in [0.1, 0.15) is 16.5 Å². The number of halogens is 3. The minimum Gasteiger partial charge on any atom is -0.271 e. The van der Waals surface area contributed by atoms with Gasteiger partial charge in [-0.1, -0.05) is 35.3 Å². The van der Waals surface area contributed by atoms with Crippen LogP contribution in [0.25, 0.3) is 0 Å². The van der Waals surface area contributed by atoms with Gasteiger partial charge in [-0.05, 0) is 39.7 Å². The number of benzene rings is 1. The van der Waals surface area contributed by atoms with Gasteiger partial charge in [0, 0.05) is 4.88 Å². The lowest BCUT2D eigenvalue weighted by molar-refractivity contribution is 0.647. The lowest BCUT2D eigenvalue weighted by Crippen LogP contribution is -2.28. The molecule has 0 saturated heterocycles. The second-order valence-corrected chi connectivity index (χ2v) is 6.66. The van der Waals surface area contributed by atoms with Gasteiger partial charge < -0.3 is 0 Å². The Balaban J connectivity index is 2.45. The Morgan fingerprint density at radius 2 is 2.00 bits per heavy atom. The van der Waals surface area contributed by atoms with E-state index in [9.17, 15) is 0 Å². The van der Waals surface area contributed by atoms with Crippen molar-refractivity contribution in [2.75, 3.05) is 0 Å². The van der Waals surface area contributed by atoms with Crippen LogP contribution < -0.4 is 11.3 Å². The van der Waals surface area contributed by atoms with E-state index in [1.54, 1.807) is 17.4 Å². The average Bonchev–Trinajstić information content (AvgIpc) is 2.72. The third-order valence-corrected chi connectivity index (χ3v) is 4.86. The van der Waals surface area contributed by atoms with Crippen molar-refractivity contribution in [1.82, 2.24) is 5.43 Å². The molecule has 2 aromatic rings. The van der Waals surface area contributed by atoms with Crippen molar-refractivity contribution in [1.29, 1.82) is 0 Å². The first-order valence-electron chi connectivity index (χ1n) is 4.78. The van der Waals surface area contributed by atoms with E-state index in [2.05, 4.69) is 21.4 Å². The molecular formula is C11H9BrCl2N2S. The predicted octanol–water partition coefficient (Wildman–Crippen LogP) is 4.37. The molecule has 1 unspecified atom stereocenters. The van der Waals surface area contributed by atoms with E-state index in [1.807, 2.05) is 24.3 Å². The normalized spacial score (nSPS) is 12.7. The second kappa shape index (κ2) is 5.69. The quantitative estimate of drug-likeness (QED) is 0.636. The van der Waals surface area contributed by atoms with Crippen LogP contribution in [0.5, 0.6) is 0 Å². The molecule has 1 atom stereocenters. The highest BCUT2D eigenvalue weighted by molar-refractivity contribution is 9.11. The number of hydrazine groups is 1. The summed E-state index contributed by atoms with van der Waals surface area (Å²) in [6.07, 6.45) is 0. The van der Waals surface area contributed by atoms with E-state index in [-0.39, 0.29) is 6.04 Å². The molecule has 0 aliphatic rings. The Labute approximate surface area is 122 Å². The molecule has 1 heterocycles. The van der Waals surface area contributed by atoms with Gasteiger partial charge in [0.1, 0.15) is 0 Å². The van der Waals surface area contributed by atoms with Crippen molar-refractivity contribution in [3.8, 4) is 0 Å². The summed E-state index contributed by atoms with van der Waals surface area (Å²) in [5, 5.41) is 1.06. The molecule has 1 aromatic carbocycles. The van der Waals surface area contributed by atoms with Crippen LogP contribution in [-0.4, -0.2) is 0 Å². The Morgan fingerprint density at radius 3 is 2.59 bits per heavy atom. The monoisotopic (exact) mass is 350 g/mol. The van der Waals surface area contributed by atoms with Gasteiger partial charge in [0.05, 0.1) is 19.9 Å². The molecule has 6 heteroatoms. The van der Waals surface area contributed by atoms with E-state index in [4.69, 9.17) is 29.0 Å². The first kappa shape index (κ1) is 13.3. The summed E-state index contributed by atoms with van der Waals surface area (Å²) in [5.41, 5.74) is 3.63. The Hall–Kier alpha value is -0.100. The minimum absolute atomic E-state index is 0.155. The SMILES string of the molecule is NNC(c1ccc(Br)s1)c1cccc(Cl)c1Cl. The smallest absolute Gasteiger partial charge is 0.0817 e. The van der Waals surface area contributed by atoms with Crippen molar-refractivity contribution < 1.29 is 0 Å². The zero-order valence-corrected chi connectivity index (χ0v) is 12.5. The number of hydrogen-bond donors (Lipinski definition) is 2. The third kappa shape index (κ3) is 2.84. The number of nitrogens with one attached hydrogen (secondary N) is 1.